The summed E-state index contributed by atoms with van der Waals surface area (Å²) in [5, 5.41) is 0. The Morgan fingerprint density at radius 2 is 1.73 bits per heavy atom. The van der Waals surface area contributed by atoms with Crippen molar-refractivity contribution in [2.45, 2.75) is 52.3 Å². The van der Waals surface area contributed by atoms with Gasteiger partial charge in [0.05, 0.1) is 11.0 Å². The van der Waals surface area contributed by atoms with Crippen molar-refractivity contribution in [1.29, 1.82) is 0 Å². The van der Waals surface area contributed by atoms with E-state index >= 15 is 0 Å². The van der Waals surface area contributed by atoms with Gasteiger partial charge in [-0.05, 0) is 46.8 Å². The fourth-order valence-corrected chi connectivity index (χ4v) is 3.17. The second-order valence-corrected chi connectivity index (χ2v) is 7.89. The highest BCUT2D eigenvalue weighted by molar-refractivity contribution is 5.94. The van der Waals surface area contributed by atoms with Crippen LogP contribution in [0.2, 0.25) is 0 Å². The average molecular weight is 358 g/mol. The van der Waals surface area contributed by atoms with Gasteiger partial charge in [-0.2, -0.15) is 0 Å². The number of rotatable bonds is 1. The Balaban J connectivity index is 1.74. The number of para-hydroxylation sites is 2. The van der Waals surface area contributed by atoms with E-state index in [0.717, 1.165) is 11.0 Å². The highest BCUT2D eigenvalue weighted by Crippen LogP contribution is 2.21. The van der Waals surface area contributed by atoms with Gasteiger partial charge in [0, 0.05) is 25.2 Å². The summed E-state index contributed by atoms with van der Waals surface area (Å²) in [6, 6.07) is 7.30. The maximum atomic E-state index is 12.9. The molecule has 0 bridgehead atoms. The predicted octanol–water partition coefficient (Wildman–Crippen LogP) is 3.03. The van der Waals surface area contributed by atoms with Crippen LogP contribution in [0.4, 0.5) is 4.79 Å². The van der Waals surface area contributed by atoms with E-state index in [-0.39, 0.29) is 24.1 Å². The predicted molar refractivity (Wildman–Crippen MR) is 99.0 cm³/mol. The quantitative estimate of drug-likeness (QED) is 0.850. The minimum absolute atomic E-state index is 0.126. The first kappa shape index (κ1) is 18.2. The standard InChI is InChI=1S/C19H26N4O3/c1-12-11-23(18(25)26-19(3,4)5)13(2)10-22(12)17(24)16-20-14-8-6-7-9-15(14)21-16/h6-9,12-13H,10-11H2,1-5H3,(H,20,21). The molecule has 0 aliphatic carbocycles. The van der Waals surface area contributed by atoms with Crippen molar-refractivity contribution in [1.82, 2.24) is 19.8 Å². The lowest BCUT2D eigenvalue weighted by Crippen LogP contribution is -2.60. The third-order valence-electron chi connectivity index (χ3n) is 4.47. The first-order chi connectivity index (χ1) is 12.2. The second kappa shape index (κ2) is 6.63. The van der Waals surface area contributed by atoms with Crippen molar-refractivity contribution in [2.24, 2.45) is 0 Å². The van der Waals surface area contributed by atoms with E-state index in [1.165, 1.54) is 0 Å². The Hall–Kier alpha value is -2.57. The lowest BCUT2D eigenvalue weighted by Gasteiger charge is -2.43. The van der Waals surface area contributed by atoms with Crippen LogP contribution in [-0.2, 0) is 4.74 Å². The fourth-order valence-electron chi connectivity index (χ4n) is 3.17. The fraction of sp³-hybridized carbons (Fsp3) is 0.526. The molecule has 7 heteroatoms. The summed E-state index contributed by atoms with van der Waals surface area (Å²) >= 11 is 0. The van der Waals surface area contributed by atoms with Gasteiger partial charge in [-0.3, -0.25) is 4.79 Å². The molecule has 140 valence electrons. The zero-order valence-corrected chi connectivity index (χ0v) is 15.9. The molecule has 1 aliphatic heterocycles. The molecule has 1 saturated heterocycles. The smallest absolute Gasteiger partial charge is 0.410 e. The average Bonchev–Trinajstić information content (AvgIpc) is 2.98. The second-order valence-electron chi connectivity index (χ2n) is 7.89. The number of nitrogens with one attached hydrogen (secondary N) is 1. The molecule has 2 unspecified atom stereocenters. The lowest BCUT2D eigenvalue weighted by molar-refractivity contribution is -0.00810. The minimum Gasteiger partial charge on any atom is -0.444 e. The number of carbonyl (C=O) groups excluding carboxylic acids is 2. The summed E-state index contributed by atoms with van der Waals surface area (Å²) in [6.45, 7) is 10.3. The number of carbonyl (C=O) groups is 2. The zero-order chi connectivity index (χ0) is 19.1. The number of H-pyrrole nitrogens is 1. The number of amides is 2. The molecule has 26 heavy (non-hydrogen) atoms. The van der Waals surface area contributed by atoms with Crippen molar-refractivity contribution in [3.05, 3.63) is 30.1 Å². The molecule has 1 aliphatic rings. The number of aromatic nitrogens is 2. The molecule has 0 spiro atoms. The number of hydrogen-bond donors (Lipinski definition) is 1. The number of ether oxygens (including phenoxy) is 1. The Morgan fingerprint density at radius 1 is 1.12 bits per heavy atom. The summed E-state index contributed by atoms with van der Waals surface area (Å²) in [6.07, 6.45) is -0.340. The molecule has 1 N–H and O–H groups in total. The van der Waals surface area contributed by atoms with Crippen molar-refractivity contribution in [3.8, 4) is 0 Å². The number of benzene rings is 1. The van der Waals surface area contributed by atoms with Crippen LogP contribution in [0.25, 0.3) is 11.0 Å². The van der Waals surface area contributed by atoms with Gasteiger partial charge in [-0.1, -0.05) is 12.1 Å². The SMILES string of the molecule is CC1CN(C(=O)c2nc3ccccc3[nH]2)C(C)CN1C(=O)OC(C)(C)C. The van der Waals surface area contributed by atoms with E-state index in [1.807, 2.05) is 58.9 Å². The van der Waals surface area contributed by atoms with Gasteiger partial charge < -0.3 is 19.5 Å². The first-order valence-corrected chi connectivity index (χ1v) is 8.91. The Bertz CT molecular complexity index is 791. The summed E-state index contributed by atoms with van der Waals surface area (Å²) in [5.41, 5.74) is 1.06. The monoisotopic (exact) mass is 358 g/mol. The van der Waals surface area contributed by atoms with Gasteiger partial charge in [0.2, 0.25) is 0 Å². The summed E-state index contributed by atoms with van der Waals surface area (Å²) in [5.74, 6) is 0.181. The van der Waals surface area contributed by atoms with E-state index < -0.39 is 5.60 Å². The molecule has 2 atom stereocenters. The number of aromatic amines is 1. The molecule has 7 nitrogen and oxygen atoms in total. The van der Waals surface area contributed by atoms with E-state index in [1.54, 1.807) is 9.80 Å². The molecule has 1 aromatic heterocycles. The number of nitrogens with zero attached hydrogens (tertiary/aromatic N) is 3. The molecule has 2 aromatic rings. The van der Waals surface area contributed by atoms with Crippen LogP contribution < -0.4 is 0 Å². The molecule has 2 heterocycles. The van der Waals surface area contributed by atoms with Crippen molar-refractivity contribution < 1.29 is 14.3 Å². The van der Waals surface area contributed by atoms with E-state index in [9.17, 15) is 9.59 Å². The number of imidazole rings is 1. The van der Waals surface area contributed by atoms with Gasteiger partial charge in [0.1, 0.15) is 5.60 Å². The van der Waals surface area contributed by atoms with Crippen LogP contribution in [0.5, 0.6) is 0 Å². The van der Waals surface area contributed by atoms with Gasteiger partial charge in [0.25, 0.3) is 5.91 Å². The maximum Gasteiger partial charge on any atom is 0.410 e. The van der Waals surface area contributed by atoms with E-state index in [2.05, 4.69) is 9.97 Å². The highest BCUT2D eigenvalue weighted by Gasteiger charge is 2.37. The third-order valence-corrected chi connectivity index (χ3v) is 4.47. The van der Waals surface area contributed by atoms with E-state index in [4.69, 9.17) is 4.74 Å². The molecule has 3 rings (SSSR count). The minimum atomic E-state index is -0.540. The molecule has 1 aromatic carbocycles. The normalized spacial score (nSPS) is 21.1. The highest BCUT2D eigenvalue weighted by atomic mass is 16.6. The maximum absolute atomic E-state index is 12.9. The summed E-state index contributed by atoms with van der Waals surface area (Å²) < 4.78 is 5.48. The molecule has 0 saturated carbocycles. The Morgan fingerprint density at radius 3 is 2.38 bits per heavy atom. The van der Waals surface area contributed by atoms with Crippen molar-refractivity contribution in [3.63, 3.8) is 0 Å². The van der Waals surface area contributed by atoms with Crippen LogP contribution in [0.1, 0.15) is 45.2 Å². The third kappa shape index (κ3) is 3.66. The molecule has 1 fully saturated rings. The summed E-state index contributed by atoms with van der Waals surface area (Å²) in [7, 11) is 0. The van der Waals surface area contributed by atoms with Gasteiger partial charge in [0.15, 0.2) is 5.82 Å². The van der Waals surface area contributed by atoms with Crippen LogP contribution in [-0.4, -0.2) is 62.5 Å². The molecular formula is C19H26N4O3. The van der Waals surface area contributed by atoms with Crippen molar-refractivity contribution >= 4 is 23.0 Å². The number of hydrogen-bond acceptors (Lipinski definition) is 4. The number of fused-ring (bicyclic) bond motifs is 1. The lowest BCUT2D eigenvalue weighted by atomic mass is 10.1. The first-order valence-electron chi connectivity index (χ1n) is 8.91. The topological polar surface area (TPSA) is 78.5 Å². The summed E-state index contributed by atoms with van der Waals surface area (Å²) in [4.78, 5) is 36.3. The van der Waals surface area contributed by atoms with Gasteiger partial charge >= 0.3 is 6.09 Å². The van der Waals surface area contributed by atoms with E-state index in [0.29, 0.717) is 18.9 Å². The zero-order valence-electron chi connectivity index (χ0n) is 15.9. The van der Waals surface area contributed by atoms with Crippen LogP contribution in [0, 0.1) is 0 Å². The van der Waals surface area contributed by atoms with Crippen LogP contribution >= 0.6 is 0 Å². The van der Waals surface area contributed by atoms with Crippen LogP contribution in [0.3, 0.4) is 0 Å². The Kier molecular flexibility index (Phi) is 4.64. The largest absolute Gasteiger partial charge is 0.444 e. The molecular weight excluding hydrogens is 332 g/mol. The molecule has 2 amide bonds. The van der Waals surface area contributed by atoms with Crippen LogP contribution in [0.15, 0.2) is 24.3 Å². The number of piperazine rings is 1. The van der Waals surface area contributed by atoms with Crippen molar-refractivity contribution in [2.75, 3.05) is 13.1 Å². The molecule has 0 radical (unpaired) electrons. The van der Waals surface area contributed by atoms with Gasteiger partial charge in [-0.25, -0.2) is 9.78 Å². The Labute approximate surface area is 153 Å². The van der Waals surface area contributed by atoms with Gasteiger partial charge in [-0.15, -0.1) is 0 Å².